The van der Waals surface area contributed by atoms with Crippen molar-refractivity contribution in [2.24, 2.45) is 5.92 Å². The first-order valence-corrected chi connectivity index (χ1v) is 6.80. The van der Waals surface area contributed by atoms with Crippen LogP contribution in [0.1, 0.15) is 20.3 Å². The largest absolute Gasteiger partial charge is 0.345 e. The molecule has 0 aromatic carbocycles. The molecular formula is C11H23ClN2OS. The first kappa shape index (κ1) is 16.1. The summed E-state index contributed by atoms with van der Waals surface area (Å²) in [5.41, 5.74) is 0. The Morgan fingerprint density at radius 2 is 2.25 bits per heavy atom. The molecule has 0 saturated carbocycles. The predicted octanol–water partition coefficient (Wildman–Crippen LogP) is 1.62. The quantitative estimate of drug-likeness (QED) is 0.839. The molecule has 1 aliphatic rings. The van der Waals surface area contributed by atoms with Gasteiger partial charge in [0.15, 0.2) is 0 Å². The van der Waals surface area contributed by atoms with Crippen LogP contribution < -0.4 is 5.32 Å². The number of hydrogen-bond donors (Lipinski definition) is 1. The fraction of sp³-hybridized carbons (Fsp3) is 0.909. The number of nitrogens with one attached hydrogen (secondary N) is 1. The fourth-order valence-corrected chi connectivity index (χ4v) is 2.72. The Morgan fingerprint density at radius 1 is 1.56 bits per heavy atom. The highest BCUT2D eigenvalue weighted by Crippen LogP contribution is 2.11. The topological polar surface area (TPSA) is 32.3 Å². The summed E-state index contributed by atoms with van der Waals surface area (Å²) in [4.78, 5) is 13.7. The first-order chi connectivity index (χ1) is 7.09. The van der Waals surface area contributed by atoms with E-state index in [2.05, 4.69) is 19.2 Å². The molecule has 1 rings (SSSR count). The summed E-state index contributed by atoms with van der Waals surface area (Å²) in [6, 6.07) is 0.380. The average molecular weight is 267 g/mol. The molecule has 0 spiro atoms. The van der Waals surface area contributed by atoms with E-state index < -0.39 is 0 Å². The molecule has 96 valence electrons. The van der Waals surface area contributed by atoms with Crippen molar-refractivity contribution in [3.05, 3.63) is 0 Å². The monoisotopic (exact) mass is 266 g/mol. The molecule has 1 fully saturated rings. The number of carbonyl (C=O) groups is 1. The van der Waals surface area contributed by atoms with E-state index in [1.165, 1.54) is 5.75 Å². The highest BCUT2D eigenvalue weighted by atomic mass is 35.5. The first-order valence-electron chi connectivity index (χ1n) is 5.64. The average Bonchev–Trinajstić information content (AvgIpc) is 2.18. The van der Waals surface area contributed by atoms with E-state index in [-0.39, 0.29) is 18.3 Å². The normalized spacial score (nSPS) is 20.4. The van der Waals surface area contributed by atoms with Crippen LogP contribution in [0.4, 0.5) is 0 Å². The van der Waals surface area contributed by atoms with Crippen LogP contribution in [-0.4, -0.2) is 48.5 Å². The lowest BCUT2D eigenvalue weighted by molar-refractivity contribution is -0.130. The predicted molar refractivity (Wildman–Crippen MR) is 73.5 cm³/mol. The molecule has 0 aromatic rings. The van der Waals surface area contributed by atoms with Gasteiger partial charge in [0.25, 0.3) is 0 Å². The summed E-state index contributed by atoms with van der Waals surface area (Å²) >= 11 is 1.94. The Labute approximate surface area is 109 Å². The molecule has 0 radical (unpaired) electrons. The van der Waals surface area contributed by atoms with E-state index >= 15 is 0 Å². The fourth-order valence-electron chi connectivity index (χ4n) is 1.77. The molecule has 1 unspecified atom stereocenters. The number of carbonyl (C=O) groups excluding carboxylic acids is 1. The van der Waals surface area contributed by atoms with Gasteiger partial charge in [-0.3, -0.25) is 4.79 Å². The molecule has 5 heteroatoms. The van der Waals surface area contributed by atoms with Gasteiger partial charge in [0.2, 0.25) is 5.91 Å². The molecule has 1 atom stereocenters. The second-order valence-corrected chi connectivity index (χ2v) is 5.75. The molecule has 0 aliphatic carbocycles. The van der Waals surface area contributed by atoms with Crippen molar-refractivity contribution in [2.75, 3.05) is 31.6 Å². The minimum atomic E-state index is 0. The minimum absolute atomic E-state index is 0. The van der Waals surface area contributed by atoms with Crippen molar-refractivity contribution in [2.45, 2.75) is 26.3 Å². The van der Waals surface area contributed by atoms with E-state index in [1.807, 2.05) is 23.7 Å². The Hall–Kier alpha value is 0.0700. The number of thioether (sulfide) groups is 1. The summed E-state index contributed by atoms with van der Waals surface area (Å²) in [5, 5.41) is 3.39. The number of amides is 1. The number of hydrogen-bond acceptors (Lipinski definition) is 3. The lowest BCUT2D eigenvalue weighted by atomic mass is 10.1. The zero-order valence-corrected chi connectivity index (χ0v) is 12.0. The van der Waals surface area contributed by atoms with Gasteiger partial charge < -0.3 is 10.2 Å². The third kappa shape index (κ3) is 5.97. The molecular weight excluding hydrogens is 244 g/mol. The minimum Gasteiger partial charge on any atom is -0.345 e. The zero-order chi connectivity index (χ0) is 11.3. The summed E-state index contributed by atoms with van der Waals surface area (Å²) in [7, 11) is 1.90. The maximum atomic E-state index is 11.8. The van der Waals surface area contributed by atoms with E-state index in [0.29, 0.717) is 18.4 Å². The molecule has 1 N–H and O–H groups in total. The number of nitrogens with zero attached hydrogens (tertiary/aromatic N) is 1. The van der Waals surface area contributed by atoms with Gasteiger partial charge in [-0.25, -0.2) is 0 Å². The van der Waals surface area contributed by atoms with Gasteiger partial charge >= 0.3 is 0 Å². The number of halogens is 1. The summed E-state index contributed by atoms with van der Waals surface area (Å²) in [5.74, 6) is 3.06. The molecule has 0 bridgehead atoms. The molecule has 0 aromatic heterocycles. The lowest BCUT2D eigenvalue weighted by Gasteiger charge is -2.26. The molecule has 1 amide bonds. The maximum absolute atomic E-state index is 11.8. The smallest absolute Gasteiger partial charge is 0.223 e. The van der Waals surface area contributed by atoms with E-state index in [9.17, 15) is 4.79 Å². The third-order valence-electron chi connectivity index (χ3n) is 2.48. The Bertz CT molecular complexity index is 208. The van der Waals surface area contributed by atoms with Crippen LogP contribution in [0.15, 0.2) is 0 Å². The van der Waals surface area contributed by atoms with Gasteiger partial charge in [-0.05, 0) is 5.92 Å². The second kappa shape index (κ2) is 8.20. The van der Waals surface area contributed by atoms with Crippen LogP contribution in [0.5, 0.6) is 0 Å². The van der Waals surface area contributed by atoms with Crippen LogP contribution in [0.25, 0.3) is 0 Å². The van der Waals surface area contributed by atoms with Crippen molar-refractivity contribution >= 4 is 30.1 Å². The van der Waals surface area contributed by atoms with E-state index in [0.717, 1.165) is 18.8 Å². The van der Waals surface area contributed by atoms with Gasteiger partial charge in [-0.1, -0.05) is 13.8 Å². The van der Waals surface area contributed by atoms with Gasteiger partial charge in [-0.2, -0.15) is 11.8 Å². The molecule has 1 aliphatic heterocycles. The standard InChI is InChI=1S/C11H22N2OS.ClH/c1-9(2)7-13(3)11(14)6-10-8-15-5-4-12-10;/h9-10,12H,4-8H2,1-3H3;1H. The zero-order valence-electron chi connectivity index (χ0n) is 10.4. The molecule has 1 saturated heterocycles. The van der Waals surface area contributed by atoms with Crippen LogP contribution in [0, 0.1) is 5.92 Å². The van der Waals surface area contributed by atoms with Gasteiger partial charge in [0.1, 0.15) is 0 Å². The van der Waals surface area contributed by atoms with Crippen molar-refractivity contribution in [1.82, 2.24) is 10.2 Å². The lowest BCUT2D eigenvalue weighted by Crippen LogP contribution is -2.42. The van der Waals surface area contributed by atoms with E-state index in [4.69, 9.17) is 0 Å². The van der Waals surface area contributed by atoms with Crippen molar-refractivity contribution in [3.63, 3.8) is 0 Å². The van der Waals surface area contributed by atoms with Crippen LogP contribution in [0.3, 0.4) is 0 Å². The highest BCUT2D eigenvalue weighted by Gasteiger charge is 2.19. The van der Waals surface area contributed by atoms with Gasteiger partial charge in [0.05, 0.1) is 0 Å². The van der Waals surface area contributed by atoms with Crippen molar-refractivity contribution in [1.29, 1.82) is 0 Å². The Morgan fingerprint density at radius 3 is 2.75 bits per heavy atom. The van der Waals surface area contributed by atoms with Crippen LogP contribution >= 0.6 is 24.2 Å². The van der Waals surface area contributed by atoms with Gasteiger partial charge in [-0.15, -0.1) is 12.4 Å². The Balaban J connectivity index is 0.00000225. The maximum Gasteiger partial charge on any atom is 0.223 e. The van der Waals surface area contributed by atoms with Crippen LogP contribution in [-0.2, 0) is 4.79 Å². The van der Waals surface area contributed by atoms with Gasteiger partial charge in [0, 0.05) is 44.1 Å². The van der Waals surface area contributed by atoms with E-state index in [1.54, 1.807) is 0 Å². The summed E-state index contributed by atoms with van der Waals surface area (Å²) in [6.45, 7) is 6.17. The second-order valence-electron chi connectivity index (χ2n) is 4.60. The Kier molecular flexibility index (Phi) is 8.24. The third-order valence-corrected chi connectivity index (χ3v) is 3.62. The molecule has 16 heavy (non-hydrogen) atoms. The molecule has 3 nitrogen and oxygen atoms in total. The molecule has 1 heterocycles. The van der Waals surface area contributed by atoms with Crippen molar-refractivity contribution in [3.8, 4) is 0 Å². The SMILES string of the molecule is CC(C)CN(C)C(=O)CC1CSCCN1.Cl. The number of rotatable bonds is 4. The summed E-state index contributed by atoms with van der Waals surface area (Å²) in [6.07, 6.45) is 0.649. The highest BCUT2D eigenvalue weighted by molar-refractivity contribution is 7.99. The van der Waals surface area contributed by atoms with Crippen LogP contribution in [0.2, 0.25) is 0 Å². The van der Waals surface area contributed by atoms with Crippen molar-refractivity contribution < 1.29 is 4.79 Å². The summed E-state index contributed by atoms with van der Waals surface area (Å²) < 4.78 is 0.